The molecule has 0 atom stereocenters. The normalized spacial score (nSPS) is 10.0. The Labute approximate surface area is 151 Å². The number of hydrogen-bond acceptors (Lipinski definition) is 2. The van der Waals surface area contributed by atoms with E-state index in [0.717, 1.165) is 11.1 Å². The molecule has 24 heavy (non-hydrogen) atoms. The highest BCUT2D eigenvalue weighted by Crippen LogP contribution is 2.25. The Morgan fingerprint density at radius 1 is 1.12 bits per heavy atom. The summed E-state index contributed by atoms with van der Waals surface area (Å²) in [6.45, 7) is 0.655. The van der Waals surface area contributed by atoms with E-state index < -0.39 is 0 Å². The number of nitrogens with one attached hydrogen (secondary N) is 1. The van der Waals surface area contributed by atoms with Gasteiger partial charge < -0.3 is 10.1 Å². The zero-order valence-electron chi connectivity index (χ0n) is 13.0. The molecule has 0 unspecified atom stereocenters. The van der Waals surface area contributed by atoms with Crippen molar-refractivity contribution in [2.45, 2.75) is 19.4 Å². The molecule has 1 N–H and O–H groups in total. The molecule has 0 aromatic heterocycles. The maximum Gasteiger partial charge on any atom is 0.220 e. The van der Waals surface area contributed by atoms with Gasteiger partial charge in [0.2, 0.25) is 5.91 Å². The van der Waals surface area contributed by atoms with Crippen molar-refractivity contribution in [3.63, 3.8) is 0 Å². The van der Waals surface area contributed by atoms with Crippen molar-refractivity contribution < 1.29 is 9.53 Å². The Morgan fingerprint density at radius 2 is 1.83 bits per heavy atom. The molecule has 0 fully saturated rings. The summed E-state index contributed by atoms with van der Waals surface area (Å²) in [5.74, 6) is 2.91. The van der Waals surface area contributed by atoms with Crippen LogP contribution in [-0.2, 0) is 17.8 Å². The minimum Gasteiger partial charge on any atom is -0.479 e. The minimum atomic E-state index is -0.0197. The van der Waals surface area contributed by atoms with Crippen LogP contribution in [0.5, 0.6) is 5.75 Å². The van der Waals surface area contributed by atoms with Gasteiger partial charge >= 0.3 is 0 Å². The summed E-state index contributed by atoms with van der Waals surface area (Å²) in [6, 6.07) is 12.8. The van der Waals surface area contributed by atoms with E-state index in [1.165, 1.54) is 0 Å². The van der Waals surface area contributed by atoms with E-state index >= 15 is 0 Å². The average molecular weight is 362 g/mol. The van der Waals surface area contributed by atoms with Gasteiger partial charge in [0, 0.05) is 18.0 Å². The van der Waals surface area contributed by atoms with Crippen molar-refractivity contribution in [1.82, 2.24) is 5.32 Å². The largest absolute Gasteiger partial charge is 0.479 e. The number of carbonyl (C=O) groups is 1. The van der Waals surface area contributed by atoms with Crippen molar-refractivity contribution in [2.24, 2.45) is 0 Å². The predicted octanol–water partition coefficient (Wildman–Crippen LogP) is 4.25. The van der Waals surface area contributed by atoms with Crippen molar-refractivity contribution in [2.75, 3.05) is 6.61 Å². The molecule has 0 radical (unpaired) electrons. The molecular weight excluding hydrogens is 345 g/mol. The Morgan fingerprint density at radius 3 is 2.50 bits per heavy atom. The highest BCUT2D eigenvalue weighted by molar-refractivity contribution is 6.32. The van der Waals surface area contributed by atoms with Gasteiger partial charge in [0.05, 0.1) is 5.02 Å². The van der Waals surface area contributed by atoms with Crippen LogP contribution in [0.4, 0.5) is 0 Å². The van der Waals surface area contributed by atoms with Gasteiger partial charge in [-0.2, -0.15) is 0 Å². The number of carbonyl (C=O) groups excluding carboxylic acids is 1. The van der Waals surface area contributed by atoms with Crippen molar-refractivity contribution in [1.29, 1.82) is 0 Å². The van der Waals surface area contributed by atoms with Crippen LogP contribution in [0, 0.1) is 12.3 Å². The van der Waals surface area contributed by atoms with Crippen LogP contribution in [0.25, 0.3) is 0 Å². The summed E-state index contributed by atoms with van der Waals surface area (Å²) in [5, 5.41) is 4.05. The number of benzene rings is 2. The molecule has 2 rings (SSSR count). The van der Waals surface area contributed by atoms with E-state index in [9.17, 15) is 4.79 Å². The van der Waals surface area contributed by atoms with Gasteiger partial charge in [-0.15, -0.1) is 6.42 Å². The van der Waals surface area contributed by atoms with Gasteiger partial charge in [-0.1, -0.05) is 47.3 Å². The number of rotatable bonds is 7. The molecule has 0 saturated carbocycles. The zero-order chi connectivity index (χ0) is 17.4. The first-order valence-electron chi connectivity index (χ1n) is 7.44. The lowest BCUT2D eigenvalue weighted by Gasteiger charge is -2.08. The number of hydrogen-bond donors (Lipinski definition) is 1. The highest BCUT2D eigenvalue weighted by atomic mass is 35.5. The van der Waals surface area contributed by atoms with Gasteiger partial charge in [-0.3, -0.25) is 4.79 Å². The number of halogens is 2. The maximum atomic E-state index is 11.9. The molecule has 1 amide bonds. The minimum absolute atomic E-state index is 0.0197. The fourth-order valence-electron chi connectivity index (χ4n) is 2.09. The van der Waals surface area contributed by atoms with Crippen LogP contribution in [0.15, 0.2) is 42.5 Å². The predicted molar refractivity (Wildman–Crippen MR) is 97.4 cm³/mol. The molecule has 0 heterocycles. The lowest BCUT2D eigenvalue weighted by Crippen LogP contribution is -2.22. The SMILES string of the molecule is C#CCOc1ccc(CCC(=O)NCc2ccc(Cl)cc2)cc1Cl. The second kappa shape index (κ2) is 9.22. The van der Waals surface area contributed by atoms with Crippen molar-refractivity contribution in [3.05, 3.63) is 63.6 Å². The van der Waals surface area contributed by atoms with Crippen LogP contribution in [-0.4, -0.2) is 12.5 Å². The van der Waals surface area contributed by atoms with Crippen LogP contribution in [0.3, 0.4) is 0 Å². The molecule has 0 bridgehead atoms. The topological polar surface area (TPSA) is 38.3 Å². The molecule has 0 spiro atoms. The number of terminal acetylenes is 1. The first kappa shape index (κ1) is 18.2. The first-order chi connectivity index (χ1) is 11.6. The molecule has 0 aliphatic rings. The lowest BCUT2D eigenvalue weighted by atomic mass is 10.1. The monoisotopic (exact) mass is 361 g/mol. The summed E-state index contributed by atoms with van der Waals surface area (Å²) in [5.41, 5.74) is 1.97. The average Bonchev–Trinajstić information content (AvgIpc) is 2.58. The van der Waals surface area contributed by atoms with Crippen LogP contribution in [0.1, 0.15) is 17.5 Å². The third-order valence-electron chi connectivity index (χ3n) is 3.35. The highest BCUT2D eigenvalue weighted by Gasteiger charge is 2.06. The number of aryl methyl sites for hydroxylation is 1. The van der Waals surface area contributed by atoms with E-state index in [-0.39, 0.29) is 12.5 Å². The van der Waals surface area contributed by atoms with E-state index in [1.54, 1.807) is 24.3 Å². The lowest BCUT2D eigenvalue weighted by molar-refractivity contribution is -0.121. The zero-order valence-corrected chi connectivity index (χ0v) is 14.5. The second-order valence-electron chi connectivity index (χ2n) is 5.16. The van der Waals surface area contributed by atoms with E-state index in [0.29, 0.717) is 35.2 Å². The summed E-state index contributed by atoms with van der Waals surface area (Å²) in [4.78, 5) is 11.9. The molecule has 0 aliphatic heterocycles. The molecule has 124 valence electrons. The summed E-state index contributed by atoms with van der Waals surface area (Å²) >= 11 is 12.0. The van der Waals surface area contributed by atoms with E-state index in [4.69, 9.17) is 34.4 Å². The quantitative estimate of drug-likeness (QED) is 0.748. The van der Waals surface area contributed by atoms with E-state index in [2.05, 4.69) is 11.2 Å². The summed E-state index contributed by atoms with van der Waals surface area (Å²) in [7, 11) is 0. The second-order valence-corrected chi connectivity index (χ2v) is 6.00. The fraction of sp³-hybridized carbons (Fsp3) is 0.211. The molecule has 3 nitrogen and oxygen atoms in total. The van der Waals surface area contributed by atoms with Crippen molar-refractivity contribution in [3.8, 4) is 18.1 Å². The van der Waals surface area contributed by atoms with Crippen LogP contribution >= 0.6 is 23.2 Å². The van der Waals surface area contributed by atoms with Gasteiger partial charge in [0.25, 0.3) is 0 Å². The standard InChI is InChI=1S/C19H17Cl2NO2/c1-2-11-24-18-9-5-14(12-17(18)21)6-10-19(23)22-13-15-3-7-16(20)8-4-15/h1,3-5,7-9,12H,6,10-11,13H2,(H,22,23). The molecule has 2 aromatic carbocycles. The number of amides is 1. The van der Waals surface area contributed by atoms with Crippen LogP contribution in [0.2, 0.25) is 10.0 Å². The van der Waals surface area contributed by atoms with E-state index in [1.807, 2.05) is 18.2 Å². The fourth-order valence-corrected chi connectivity index (χ4v) is 2.47. The Bertz CT molecular complexity index is 736. The first-order valence-corrected chi connectivity index (χ1v) is 8.20. The Kier molecular flexibility index (Phi) is 6.99. The number of ether oxygens (including phenoxy) is 1. The van der Waals surface area contributed by atoms with Gasteiger partial charge in [-0.05, 0) is 41.8 Å². The Hall–Kier alpha value is -2.15. The smallest absolute Gasteiger partial charge is 0.220 e. The third kappa shape index (κ3) is 5.81. The van der Waals surface area contributed by atoms with Gasteiger partial charge in [-0.25, -0.2) is 0 Å². The molecule has 2 aromatic rings. The summed E-state index contributed by atoms with van der Waals surface area (Å²) in [6.07, 6.45) is 6.13. The van der Waals surface area contributed by atoms with Crippen molar-refractivity contribution >= 4 is 29.1 Å². The molecule has 5 heteroatoms. The molecule has 0 aliphatic carbocycles. The maximum absolute atomic E-state index is 11.9. The Balaban J connectivity index is 1.80. The molecule has 0 saturated heterocycles. The molecular formula is C19H17Cl2NO2. The third-order valence-corrected chi connectivity index (χ3v) is 3.90. The van der Waals surface area contributed by atoms with Gasteiger partial charge in [0.1, 0.15) is 12.4 Å². The van der Waals surface area contributed by atoms with Gasteiger partial charge in [0.15, 0.2) is 0 Å². The summed E-state index contributed by atoms with van der Waals surface area (Å²) < 4.78 is 5.31. The van der Waals surface area contributed by atoms with Crippen LogP contribution < -0.4 is 10.1 Å².